The van der Waals surface area contributed by atoms with Gasteiger partial charge in [0, 0.05) is 11.6 Å². The Balaban J connectivity index is 1.44. The molecule has 1 aromatic rings. The van der Waals surface area contributed by atoms with Crippen LogP contribution in [0.4, 0.5) is 0 Å². The minimum absolute atomic E-state index is 0.147. The number of nitrogens with zero attached hydrogens (tertiary/aromatic N) is 2. The van der Waals surface area contributed by atoms with E-state index in [9.17, 15) is 9.59 Å². The number of rotatable bonds is 2. The minimum Gasteiger partial charge on any atom is -0.454 e. The van der Waals surface area contributed by atoms with Crippen molar-refractivity contribution in [2.24, 2.45) is 28.8 Å². The van der Waals surface area contributed by atoms with Gasteiger partial charge in [0.05, 0.1) is 23.1 Å². The van der Waals surface area contributed by atoms with Crippen molar-refractivity contribution in [3.63, 3.8) is 0 Å². The summed E-state index contributed by atoms with van der Waals surface area (Å²) < 4.78 is 10.6. The summed E-state index contributed by atoms with van der Waals surface area (Å²) in [5, 5.41) is 5.54. The Morgan fingerprint density at radius 1 is 1.08 bits per heavy atom. The Morgan fingerprint density at radius 3 is 2.38 bits per heavy atom. The minimum atomic E-state index is -0.253. The highest BCUT2D eigenvalue weighted by Gasteiger charge is 2.59. The van der Waals surface area contributed by atoms with Gasteiger partial charge in [0.2, 0.25) is 6.79 Å². The lowest BCUT2D eigenvalue weighted by Crippen LogP contribution is -2.28. The summed E-state index contributed by atoms with van der Waals surface area (Å²) in [5.74, 6) is 0.553. The third-order valence-electron chi connectivity index (χ3n) is 5.25. The molecule has 7 heteroatoms. The molecule has 4 atom stereocenters. The first-order chi connectivity index (χ1) is 11.6. The second-order valence-electron chi connectivity index (χ2n) is 6.46. The number of imide groups is 1. The zero-order valence-electron chi connectivity index (χ0n) is 12.5. The lowest BCUT2D eigenvalue weighted by Gasteiger charge is -2.13. The van der Waals surface area contributed by atoms with E-state index in [2.05, 4.69) is 17.3 Å². The summed E-state index contributed by atoms with van der Waals surface area (Å²) in [4.78, 5) is 25.1. The predicted molar refractivity (Wildman–Crippen MR) is 84.7 cm³/mol. The topological polar surface area (TPSA) is 68.2 Å². The van der Waals surface area contributed by atoms with Gasteiger partial charge in [0.25, 0.3) is 11.8 Å². The summed E-state index contributed by atoms with van der Waals surface area (Å²) in [5.41, 5.74) is 0.569. The van der Waals surface area contributed by atoms with E-state index in [1.807, 2.05) is 0 Å². The number of hydrogen-bond donors (Lipinski definition) is 0. The largest absolute Gasteiger partial charge is 0.454 e. The van der Waals surface area contributed by atoms with Crippen molar-refractivity contribution in [1.82, 2.24) is 5.01 Å². The summed E-state index contributed by atoms with van der Waals surface area (Å²) in [6, 6.07) is 3.32. The highest BCUT2D eigenvalue weighted by Crippen LogP contribution is 2.52. The first-order valence-corrected chi connectivity index (χ1v) is 8.20. The van der Waals surface area contributed by atoms with Crippen LogP contribution in [0.5, 0.6) is 11.5 Å². The number of carbonyl (C=O) groups excluding carboxylic acids is 2. The van der Waals surface area contributed by atoms with Crippen molar-refractivity contribution < 1.29 is 19.1 Å². The van der Waals surface area contributed by atoms with Crippen molar-refractivity contribution in [2.75, 3.05) is 6.79 Å². The third-order valence-corrected chi connectivity index (χ3v) is 5.58. The van der Waals surface area contributed by atoms with Crippen molar-refractivity contribution in [3.8, 4) is 11.5 Å². The van der Waals surface area contributed by atoms with Crippen LogP contribution in [0.3, 0.4) is 0 Å². The van der Waals surface area contributed by atoms with E-state index in [-0.39, 0.29) is 42.3 Å². The van der Waals surface area contributed by atoms with Crippen LogP contribution in [0.2, 0.25) is 5.02 Å². The number of amides is 2. The third kappa shape index (κ3) is 1.80. The van der Waals surface area contributed by atoms with Gasteiger partial charge >= 0.3 is 0 Å². The van der Waals surface area contributed by atoms with E-state index in [1.165, 1.54) is 6.21 Å². The van der Waals surface area contributed by atoms with Crippen LogP contribution >= 0.6 is 11.6 Å². The normalized spacial score (nSPS) is 32.5. The van der Waals surface area contributed by atoms with Gasteiger partial charge in [-0.2, -0.15) is 10.1 Å². The molecule has 24 heavy (non-hydrogen) atoms. The van der Waals surface area contributed by atoms with Gasteiger partial charge in [-0.05, 0) is 24.3 Å². The highest BCUT2D eigenvalue weighted by molar-refractivity contribution is 6.33. The number of allylic oxidation sites excluding steroid dienone is 2. The van der Waals surface area contributed by atoms with E-state index in [4.69, 9.17) is 21.1 Å². The molecule has 2 amide bonds. The Morgan fingerprint density at radius 2 is 1.71 bits per heavy atom. The van der Waals surface area contributed by atoms with Gasteiger partial charge in [0.1, 0.15) is 0 Å². The zero-order valence-corrected chi connectivity index (χ0v) is 13.3. The van der Waals surface area contributed by atoms with E-state index >= 15 is 0 Å². The first-order valence-electron chi connectivity index (χ1n) is 7.83. The Bertz CT molecular complexity index is 804. The quantitative estimate of drug-likeness (QED) is 0.468. The molecular weight excluding hydrogens is 332 g/mol. The molecule has 0 N–H and O–H groups in total. The van der Waals surface area contributed by atoms with E-state index < -0.39 is 0 Å². The van der Waals surface area contributed by atoms with Crippen molar-refractivity contribution >= 4 is 29.6 Å². The van der Waals surface area contributed by atoms with Crippen molar-refractivity contribution in [3.05, 3.63) is 34.9 Å². The van der Waals surface area contributed by atoms with Gasteiger partial charge in [-0.15, -0.1) is 0 Å². The molecule has 1 saturated heterocycles. The van der Waals surface area contributed by atoms with Gasteiger partial charge in [-0.1, -0.05) is 23.8 Å². The predicted octanol–water partition coefficient (Wildman–Crippen LogP) is 2.21. The molecule has 1 saturated carbocycles. The van der Waals surface area contributed by atoms with Crippen LogP contribution in [0.1, 0.15) is 12.0 Å². The highest BCUT2D eigenvalue weighted by atomic mass is 35.5. The molecule has 6 nitrogen and oxygen atoms in total. The van der Waals surface area contributed by atoms with E-state index in [0.717, 1.165) is 11.4 Å². The second-order valence-corrected chi connectivity index (χ2v) is 6.87. The molecule has 122 valence electrons. The first kappa shape index (κ1) is 14.0. The van der Waals surface area contributed by atoms with Crippen LogP contribution < -0.4 is 9.47 Å². The van der Waals surface area contributed by atoms with E-state index in [0.29, 0.717) is 22.1 Å². The molecule has 0 spiro atoms. The number of hydrogen-bond acceptors (Lipinski definition) is 5. The molecule has 4 aliphatic rings. The molecule has 0 unspecified atom stereocenters. The number of carbonyl (C=O) groups is 2. The Hall–Kier alpha value is -2.34. The molecular formula is C17H13ClN2O4. The average molecular weight is 345 g/mol. The average Bonchev–Trinajstić information content (AvgIpc) is 3.31. The maximum atomic E-state index is 12.6. The van der Waals surface area contributed by atoms with Gasteiger partial charge in [-0.25, -0.2) is 0 Å². The lowest BCUT2D eigenvalue weighted by molar-refractivity contribution is -0.140. The number of halogens is 1. The number of benzene rings is 1. The maximum absolute atomic E-state index is 12.6. The molecule has 0 radical (unpaired) electrons. The zero-order chi connectivity index (χ0) is 16.4. The summed E-state index contributed by atoms with van der Waals surface area (Å²) in [7, 11) is 0. The van der Waals surface area contributed by atoms with Crippen LogP contribution in [-0.4, -0.2) is 29.8 Å². The Kier molecular flexibility index (Phi) is 2.83. The molecule has 2 bridgehead atoms. The monoisotopic (exact) mass is 344 g/mol. The fraction of sp³-hybridized carbons (Fsp3) is 0.353. The van der Waals surface area contributed by atoms with Crippen LogP contribution in [-0.2, 0) is 9.59 Å². The van der Waals surface area contributed by atoms with Crippen LogP contribution in [0, 0.1) is 23.7 Å². The lowest BCUT2D eigenvalue weighted by atomic mass is 9.85. The maximum Gasteiger partial charge on any atom is 0.254 e. The number of fused-ring (bicyclic) bond motifs is 6. The summed E-state index contributed by atoms with van der Waals surface area (Å²) in [6.45, 7) is 0.147. The number of hydrazone groups is 1. The molecule has 5 rings (SSSR count). The standard InChI is InChI=1S/C17H13ClN2O4/c18-11-5-13-12(23-7-24-13)4-10(11)6-19-20-16(21)14-8-1-2-9(3-8)15(14)17(20)22/h1-2,4-6,8-9,14-15H,3,7H2/b19-6-/t8-,9-,14-,15-/m0/s1. The van der Waals surface area contributed by atoms with Gasteiger partial charge in [-0.3, -0.25) is 9.59 Å². The molecule has 2 aliphatic carbocycles. The molecule has 0 aromatic heterocycles. The molecule has 2 fully saturated rings. The molecule has 2 aliphatic heterocycles. The van der Waals surface area contributed by atoms with Crippen molar-refractivity contribution in [2.45, 2.75) is 6.42 Å². The van der Waals surface area contributed by atoms with Gasteiger partial charge in [0.15, 0.2) is 11.5 Å². The van der Waals surface area contributed by atoms with Crippen LogP contribution in [0.15, 0.2) is 29.4 Å². The SMILES string of the molecule is O=C1[C@@H]2[C@@H](C(=O)N1/N=C\c1cc3c(cc1Cl)OCO3)[C@H]1C=C[C@H]2C1. The summed E-state index contributed by atoms with van der Waals surface area (Å²) in [6.07, 6.45) is 6.44. The smallest absolute Gasteiger partial charge is 0.254 e. The van der Waals surface area contributed by atoms with Gasteiger partial charge < -0.3 is 9.47 Å². The van der Waals surface area contributed by atoms with Crippen LogP contribution in [0.25, 0.3) is 0 Å². The Labute approximate surface area is 142 Å². The number of ether oxygens (including phenoxy) is 2. The fourth-order valence-electron chi connectivity index (χ4n) is 4.15. The van der Waals surface area contributed by atoms with E-state index in [1.54, 1.807) is 12.1 Å². The summed E-state index contributed by atoms with van der Waals surface area (Å²) >= 11 is 6.19. The molecule has 1 aromatic carbocycles. The molecule has 2 heterocycles. The second kappa shape index (κ2) is 4.83. The fourth-order valence-corrected chi connectivity index (χ4v) is 4.35. The van der Waals surface area contributed by atoms with Crippen molar-refractivity contribution in [1.29, 1.82) is 0 Å².